The van der Waals surface area contributed by atoms with Crippen LogP contribution >= 0.6 is 22.7 Å². The van der Waals surface area contributed by atoms with Gasteiger partial charge in [0.1, 0.15) is 30.4 Å². The van der Waals surface area contributed by atoms with Crippen LogP contribution in [0.1, 0.15) is 35.9 Å². The van der Waals surface area contributed by atoms with Crippen molar-refractivity contribution in [1.29, 1.82) is 0 Å². The number of morpholine rings is 1. The molecular formula is C22H28BrNO6S2. The van der Waals surface area contributed by atoms with Gasteiger partial charge >= 0.3 is 11.9 Å². The van der Waals surface area contributed by atoms with E-state index in [9.17, 15) is 14.7 Å². The van der Waals surface area contributed by atoms with Crippen LogP contribution in [0.5, 0.6) is 0 Å². The van der Waals surface area contributed by atoms with Gasteiger partial charge in [-0.1, -0.05) is 19.1 Å². The Morgan fingerprint density at radius 1 is 1.12 bits per heavy atom. The van der Waals surface area contributed by atoms with E-state index in [0.29, 0.717) is 34.0 Å². The quantitative estimate of drug-likeness (QED) is 0.307. The highest BCUT2D eigenvalue weighted by Gasteiger charge is 2.71. The number of thiophene rings is 2. The number of carbonyl (C=O) groups excluding carboxylic acids is 1. The zero-order valence-electron chi connectivity index (χ0n) is 18.1. The molecule has 0 amide bonds. The molecule has 1 unspecified atom stereocenters. The number of carboxylic acids is 1. The van der Waals surface area contributed by atoms with Gasteiger partial charge in [-0.2, -0.15) is 0 Å². The third-order valence-corrected chi connectivity index (χ3v) is 8.62. The maximum absolute atomic E-state index is 13.1. The maximum atomic E-state index is 13.1. The number of esters is 1. The third kappa shape index (κ3) is 4.41. The molecule has 5 heterocycles. The summed E-state index contributed by atoms with van der Waals surface area (Å²) in [4.78, 5) is 23.7. The number of fused-ring (bicyclic) bond motifs is 5. The van der Waals surface area contributed by atoms with E-state index in [2.05, 4.69) is 14.1 Å². The number of rotatable bonds is 5. The number of carbonyl (C=O) groups is 2. The van der Waals surface area contributed by atoms with Gasteiger partial charge in [-0.15, -0.1) is 22.7 Å². The fraction of sp³-hybridized carbons (Fsp3) is 0.545. The number of hydrogen-bond donors (Lipinski definition) is 2. The van der Waals surface area contributed by atoms with Crippen molar-refractivity contribution in [2.24, 2.45) is 0 Å². The number of epoxide rings is 1. The molecule has 10 heteroatoms. The van der Waals surface area contributed by atoms with E-state index in [1.165, 1.54) is 22.7 Å². The first-order valence-corrected chi connectivity index (χ1v) is 12.2. The molecule has 0 radical (unpaired) electrons. The lowest BCUT2D eigenvalue weighted by molar-refractivity contribution is -0.938. The summed E-state index contributed by atoms with van der Waals surface area (Å²) in [6.45, 7) is 1.60. The summed E-state index contributed by atoms with van der Waals surface area (Å²) in [6, 6.07) is 8.01. The normalized spacial score (nSPS) is 29.1. The fourth-order valence-electron chi connectivity index (χ4n) is 4.83. The van der Waals surface area contributed by atoms with Crippen LogP contribution in [0.4, 0.5) is 0 Å². The van der Waals surface area contributed by atoms with E-state index in [1.54, 1.807) is 19.1 Å². The Morgan fingerprint density at radius 2 is 1.59 bits per heavy atom. The van der Waals surface area contributed by atoms with Gasteiger partial charge in [-0.05, 0) is 22.9 Å². The summed E-state index contributed by atoms with van der Waals surface area (Å²) in [5, 5.41) is 22.8. The van der Waals surface area contributed by atoms with Crippen LogP contribution in [0.25, 0.3) is 0 Å². The first-order chi connectivity index (χ1) is 14.7. The Hall–Kier alpha value is -1.30. The molecular weight excluding hydrogens is 518 g/mol. The Kier molecular flexibility index (Phi) is 7.53. The van der Waals surface area contributed by atoms with Gasteiger partial charge < -0.3 is 41.2 Å². The van der Waals surface area contributed by atoms with Crippen molar-refractivity contribution in [2.45, 2.75) is 62.2 Å². The molecule has 2 aromatic heterocycles. The molecule has 5 atom stereocenters. The topological polar surface area (TPSA) is 96.4 Å². The lowest BCUT2D eigenvalue weighted by Crippen LogP contribution is -3.00. The van der Waals surface area contributed by atoms with Crippen LogP contribution in [0.15, 0.2) is 35.0 Å². The van der Waals surface area contributed by atoms with Crippen LogP contribution in [0.3, 0.4) is 0 Å². The fourth-order valence-corrected chi connectivity index (χ4v) is 6.54. The summed E-state index contributed by atoms with van der Waals surface area (Å²) in [5.74, 6) is -1.31. The molecule has 2 aromatic rings. The van der Waals surface area contributed by atoms with Crippen molar-refractivity contribution in [3.05, 3.63) is 44.8 Å². The van der Waals surface area contributed by atoms with Gasteiger partial charge in [0.15, 0.2) is 0 Å². The van der Waals surface area contributed by atoms with E-state index < -0.39 is 17.5 Å². The van der Waals surface area contributed by atoms with Crippen molar-refractivity contribution in [1.82, 2.24) is 0 Å². The molecule has 3 fully saturated rings. The largest absolute Gasteiger partial charge is 1.00 e. The molecule has 0 aromatic carbocycles. The molecule has 5 rings (SSSR count). The zero-order valence-corrected chi connectivity index (χ0v) is 21.4. The number of nitrogens with zero attached hydrogens (tertiary/aromatic N) is 1. The number of hydrogen-bond acceptors (Lipinski definition) is 7. The van der Waals surface area contributed by atoms with Crippen LogP contribution in [-0.2, 0) is 24.7 Å². The number of likely N-dealkylation sites (N-methyl/N-ethyl adjacent to an activating group) is 1. The average molecular weight is 547 g/mol. The molecule has 32 heavy (non-hydrogen) atoms. The number of halogens is 1. The van der Waals surface area contributed by atoms with Crippen LogP contribution in [0, 0.1) is 0 Å². The Morgan fingerprint density at radius 3 is 1.97 bits per heavy atom. The van der Waals surface area contributed by atoms with Crippen molar-refractivity contribution in [3.63, 3.8) is 0 Å². The summed E-state index contributed by atoms with van der Waals surface area (Å²) < 4.78 is 12.6. The molecule has 2 N–H and O–H groups in total. The first kappa shape index (κ1) is 25.3. The van der Waals surface area contributed by atoms with E-state index in [-0.39, 0.29) is 29.5 Å². The molecule has 0 saturated carbocycles. The van der Waals surface area contributed by atoms with Gasteiger partial charge in [-0.3, -0.25) is 4.79 Å². The van der Waals surface area contributed by atoms with Gasteiger partial charge in [0.25, 0.3) is 0 Å². The van der Waals surface area contributed by atoms with Gasteiger partial charge in [0, 0.05) is 19.3 Å². The number of aliphatic hydroxyl groups is 1. The van der Waals surface area contributed by atoms with Crippen LogP contribution < -0.4 is 17.0 Å². The van der Waals surface area contributed by atoms with E-state index >= 15 is 0 Å². The summed E-state index contributed by atoms with van der Waals surface area (Å²) >= 11 is 2.74. The third-order valence-electron chi connectivity index (χ3n) is 6.67. The smallest absolute Gasteiger partial charge is 0.349 e. The summed E-state index contributed by atoms with van der Waals surface area (Å²) in [5.41, 5.74) is -1.72. The van der Waals surface area contributed by atoms with Gasteiger partial charge in [0.05, 0.1) is 23.8 Å². The molecule has 2 bridgehead atoms. The van der Waals surface area contributed by atoms with E-state index in [4.69, 9.17) is 14.6 Å². The molecule has 7 nitrogen and oxygen atoms in total. The molecule has 3 aliphatic heterocycles. The SMILES string of the molecule is CCC(=O)O.C[N+]1(C)[C@H]2CC(OC(=O)C(O)(c3cccs3)c3cccs3)C[C@H]1[C@H]1O[C@H]12.[Br-]. The predicted molar refractivity (Wildman–Crippen MR) is 117 cm³/mol. The lowest BCUT2D eigenvalue weighted by Gasteiger charge is -2.45. The van der Waals surface area contributed by atoms with Crippen molar-refractivity contribution in [2.75, 3.05) is 14.1 Å². The predicted octanol–water partition coefficient (Wildman–Crippen LogP) is -0.169. The highest BCUT2D eigenvalue weighted by atomic mass is 79.9. The second-order valence-electron chi connectivity index (χ2n) is 8.74. The maximum Gasteiger partial charge on any atom is 0.349 e. The van der Waals surface area contributed by atoms with Crippen molar-refractivity contribution in [3.8, 4) is 0 Å². The number of carboxylic acid groups (broad SMARTS) is 1. The van der Waals surface area contributed by atoms with Gasteiger partial charge in [0.2, 0.25) is 5.60 Å². The minimum absolute atomic E-state index is 0. The Labute approximate surface area is 205 Å². The van der Waals surface area contributed by atoms with E-state index in [0.717, 1.165) is 17.3 Å². The lowest BCUT2D eigenvalue weighted by atomic mass is 9.95. The second kappa shape index (κ2) is 9.52. The van der Waals surface area contributed by atoms with Crippen LogP contribution in [0.2, 0.25) is 0 Å². The number of piperidine rings is 1. The summed E-state index contributed by atoms with van der Waals surface area (Å²) in [7, 11) is 4.49. The number of ether oxygens (including phenoxy) is 2. The van der Waals surface area contributed by atoms with Crippen molar-refractivity contribution >= 4 is 34.6 Å². The second-order valence-corrected chi connectivity index (χ2v) is 10.6. The highest BCUT2D eigenvalue weighted by Crippen LogP contribution is 2.52. The standard InChI is InChI=1S/C19H22NO4S2.C3H6O2.BrH/c1-20(2)12-9-11(10-13(20)17-16(12)24-17)23-18(21)19(22,14-5-3-7-25-14)15-6-4-8-26-15;1-2-3(4)5;/h3-8,11-13,16-17,22H,9-10H2,1-2H3;2H2,1H3,(H,4,5);1H/q+1;;/p-1/t11?,12-,13-,16-,17+;;/m0../s1. The zero-order chi connectivity index (χ0) is 22.4. The Bertz CT molecular complexity index is 878. The monoisotopic (exact) mass is 545 g/mol. The van der Waals surface area contributed by atoms with Crippen molar-refractivity contribution < 1.29 is 50.7 Å². The van der Waals surface area contributed by atoms with E-state index in [1.807, 2.05) is 22.9 Å². The summed E-state index contributed by atoms with van der Waals surface area (Å²) in [6.07, 6.45) is 2.27. The Balaban J connectivity index is 0.000000438. The molecule has 3 saturated heterocycles. The number of quaternary nitrogens is 1. The minimum atomic E-state index is -1.72. The molecule has 176 valence electrons. The molecule has 0 aliphatic carbocycles. The number of aliphatic carboxylic acids is 1. The van der Waals surface area contributed by atoms with Crippen LogP contribution in [-0.4, -0.2) is 71.1 Å². The first-order valence-electron chi connectivity index (χ1n) is 10.4. The molecule has 0 spiro atoms. The highest BCUT2D eigenvalue weighted by molar-refractivity contribution is 7.12. The molecule has 3 aliphatic rings. The van der Waals surface area contributed by atoms with Gasteiger partial charge in [-0.25, -0.2) is 4.79 Å². The average Bonchev–Trinajstić information content (AvgIpc) is 3.09. The minimum Gasteiger partial charge on any atom is -1.00 e.